The molecular weight excluding hydrogens is 284 g/mol. The summed E-state index contributed by atoms with van der Waals surface area (Å²) in [7, 11) is 0. The minimum absolute atomic E-state index is 0.135. The Morgan fingerprint density at radius 2 is 1.77 bits per heavy atom. The largest absolute Gasteiger partial charge is 0.462 e. The van der Waals surface area contributed by atoms with E-state index in [0.29, 0.717) is 12.2 Å². The maximum atomic E-state index is 11.6. The molecule has 0 unspecified atom stereocenters. The number of carbonyl (C=O) groups excluding carboxylic acids is 2. The van der Waals surface area contributed by atoms with E-state index >= 15 is 0 Å². The van der Waals surface area contributed by atoms with Crippen molar-refractivity contribution >= 4 is 12.1 Å². The van der Waals surface area contributed by atoms with Crippen LogP contribution in [0.3, 0.4) is 0 Å². The predicted molar refractivity (Wildman–Crippen MR) is 83.3 cm³/mol. The first kappa shape index (κ1) is 18.0. The highest BCUT2D eigenvalue weighted by Crippen LogP contribution is 2.13. The first-order valence-electron chi connectivity index (χ1n) is 7.24. The molecule has 0 fully saturated rings. The van der Waals surface area contributed by atoms with Crippen LogP contribution in [0.5, 0.6) is 0 Å². The van der Waals surface area contributed by atoms with E-state index in [1.165, 1.54) is 0 Å². The Kier molecular flexibility index (Phi) is 6.37. The lowest BCUT2D eigenvalue weighted by atomic mass is 10.1. The number of hydrazine groups is 1. The zero-order chi connectivity index (χ0) is 16.8. The monoisotopic (exact) mass is 308 g/mol. The Bertz CT molecular complexity index is 506. The normalized spacial score (nSPS) is 12.4. The standard InChI is InChI=1S/C16H24N2O4/c1-6-21-14(19)13-9-7-12(8-10-13)11(2)17-18-15(20)22-16(3,4)5/h7-11,17H,6H2,1-5H3,(H,18,20)/t11-/m1/s1. The molecule has 1 aromatic rings. The van der Waals surface area contributed by atoms with Gasteiger partial charge in [0.2, 0.25) is 0 Å². The zero-order valence-electron chi connectivity index (χ0n) is 13.7. The van der Waals surface area contributed by atoms with Gasteiger partial charge < -0.3 is 9.47 Å². The van der Waals surface area contributed by atoms with Crippen LogP contribution in [-0.4, -0.2) is 24.3 Å². The highest BCUT2D eigenvalue weighted by atomic mass is 16.6. The summed E-state index contributed by atoms with van der Waals surface area (Å²) in [6, 6.07) is 6.86. The molecule has 1 rings (SSSR count). The van der Waals surface area contributed by atoms with Gasteiger partial charge in [0, 0.05) is 6.04 Å². The second-order valence-electron chi connectivity index (χ2n) is 5.84. The number of esters is 1. The molecule has 1 atom stereocenters. The molecule has 0 saturated heterocycles. The third-order valence-electron chi connectivity index (χ3n) is 2.71. The van der Waals surface area contributed by atoms with Crippen molar-refractivity contribution in [1.82, 2.24) is 10.9 Å². The molecule has 22 heavy (non-hydrogen) atoms. The quantitative estimate of drug-likeness (QED) is 0.646. The van der Waals surface area contributed by atoms with Gasteiger partial charge in [0.1, 0.15) is 5.60 Å². The van der Waals surface area contributed by atoms with Gasteiger partial charge in [-0.3, -0.25) is 5.43 Å². The van der Waals surface area contributed by atoms with Crippen molar-refractivity contribution in [2.45, 2.75) is 46.3 Å². The minimum Gasteiger partial charge on any atom is -0.462 e. The summed E-state index contributed by atoms with van der Waals surface area (Å²) in [5.74, 6) is -0.346. The maximum Gasteiger partial charge on any atom is 0.422 e. The molecule has 0 bridgehead atoms. The fourth-order valence-electron chi connectivity index (χ4n) is 1.68. The minimum atomic E-state index is -0.545. The van der Waals surface area contributed by atoms with Crippen molar-refractivity contribution in [3.63, 3.8) is 0 Å². The lowest BCUT2D eigenvalue weighted by Gasteiger charge is -2.21. The molecule has 0 heterocycles. The summed E-state index contributed by atoms with van der Waals surface area (Å²) in [6.45, 7) is 9.38. The molecule has 0 aromatic heterocycles. The molecular formula is C16H24N2O4. The van der Waals surface area contributed by atoms with Crippen LogP contribution in [0.25, 0.3) is 0 Å². The van der Waals surface area contributed by atoms with Gasteiger partial charge in [-0.25, -0.2) is 15.0 Å². The van der Waals surface area contributed by atoms with Crippen LogP contribution >= 0.6 is 0 Å². The van der Waals surface area contributed by atoms with Crippen molar-refractivity contribution in [3.8, 4) is 0 Å². The molecule has 0 aliphatic heterocycles. The molecule has 0 saturated carbocycles. The Morgan fingerprint density at radius 3 is 2.27 bits per heavy atom. The predicted octanol–water partition coefficient (Wildman–Crippen LogP) is 2.95. The molecule has 0 radical (unpaired) electrons. The first-order valence-corrected chi connectivity index (χ1v) is 7.24. The number of benzene rings is 1. The van der Waals surface area contributed by atoms with Gasteiger partial charge in [-0.15, -0.1) is 0 Å². The topological polar surface area (TPSA) is 76.7 Å². The summed E-state index contributed by atoms with van der Waals surface area (Å²) in [5, 5.41) is 0. The van der Waals surface area contributed by atoms with Gasteiger partial charge >= 0.3 is 12.1 Å². The third kappa shape index (κ3) is 6.13. The number of carbonyl (C=O) groups is 2. The number of rotatable bonds is 5. The molecule has 6 heteroatoms. The van der Waals surface area contributed by atoms with Crippen molar-refractivity contribution in [1.29, 1.82) is 0 Å². The van der Waals surface area contributed by atoms with E-state index < -0.39 is 11.7 Å². The Hall–Kier alpha value is -2.08. The van der Waals surface area contributed by atoms with Gasteiger partial charge in [0.15, 0.2) is 0 Å². The fourth-order valence-corrected chi connectivity index (χ4v) is 1.68. The number of nitrogens with one attached hydrogen (secondary N) is 2. The SMILES string of the molecule is CCOC(=O)c1ccc([C@@H](C)NNC(=O)OC(C)(C)C)cc1. The Labute approximate surface area is 131 Å². The summed E-state index contributed by atoms with van der Waals surface area (Å²) >= 11 is 0. The second-order valence-corrected chi connectivity index (χ2v) is 5.84. The van der Waals surface area contributed by atoms with Crippen molar-refractivity contribution < 1.29 is 19.1 Å². The van der Waals surface area contributed by atoms with Gasteiger partial charge in [0.25, 0.3) is 0 Å². The molecule has 1 amide bonds. The lowest BCUT2D eigenvalue weighted by molar-refractivity contribution is 0.0487. The lowest BCUT2D eigenvalue weighted by Crippen LogP contribution is -2.42. The smallest absolute Gasteiger partial charge is 0.422 e. The number of hydrogen-bond donors (Lipinski definition) is 2. The van der Waals surface area contributed by atoms with Crippen LogP contribution in [-0.2, 0) is 9.47 Å². The van der Waals surface area contributed by atoms with Crippen molar-refractivity contribution in [3.05, 3.63) is 35.4 Å². The van der Waals surface area contributed by atoms with E-state index in [4.69, 9.17) is 9.47 Å². The third-order valence-corrected chi connectivity index (χ3v) is 2.71. The van der Waals surface area contributed by atoms with Crippen molar-refractivity contribution in [2.75, 3.05) is 6.61 Å². The molecule has 2 N–H and O–H groups in total. The summed E-state index contributed by atoms with van der Waals surface area (Å²) in [6.07, 6.45) is -0.539. The summed E-state index contributed by atoms with van der Waals surface area (Å²) in [5.41, 5.74) is 6.22. The average molecular weight is 308 g/mol. The maximum absolute atomic E-state index is 11.6. The molecule has 0 spiro atoms. The van der Waals surface area contributed by atoms with Crippen LogP contribution < -0.4 is 10.9 Å². The summed E-state index contributed by atoms with van der Waals surface area (Å²) in [4.78, 5) is 23.1. The molecule has 0 aliphatic carbocycles. The number of hydrogen-bond acceptors (Lipinski definition) is 5. The Morgan fingerprint density at radius 1 is 1.18 bits per heavy atom. The van der Waals surface area contributed by atoms with Gasteiger partial charge in [-0.05, 0) is 52.3 Å². The molecule has 1 aromatic carbocycles. The number of ether oxygens (including phenoxy) is 2. The van der Waals surface area contributed by atoms with Gasteiger partial charge in [-0.1, -0.05) is 12.1 Å². The number of amides is 1. The van der Waals surface area contributed by atoms with Crippen LogP contribution in [0.15, 0.2) is 24.3 Å². The van der Waals surface area contributed by atoms with E-state index in [1.807, 2.05) is 6.92 Å². The van der Waals surface area contributed by atoms with Crippen LogP contribution in [0.1, 0.15) is 56.6 Å². The molecule has 122 valence electrons. The highest BCUT2D eigenvalue weighted by molar-refractivity contribution is 5.89. The van der Waals surface area contributed by atoms with Crippen LogP contribution in [0, 0.1) is 0 Å². The fraction of sp³-hybridized carbons (Fsp3) is 0.500. The molecule has 0 aliphatic rings. The second kappa shape index (κ2) is 7.79. The van der Waals surface area contributed by atoms with E-state index in [0.717, 1.165) is 5.56 Å². The van der Waals surface area contributed by atoms with Gasteiger partial charge in [-0.2, -0.15) is 0 Å². The van der Waals surface area contributed by atoms with Gasteiger partial charge in [0.05, 0.1) is 12.2 Å². The van der Waals surface area contributed by atoms with Crippen molar-refractivity contribution in [2.24, 2.45) is 0 Å². The summed E-state index contributed by atoms with van der Waals surface area (Å²) < 4.78 is 10.1. The van der Waals surface area contributed by atoms with E-state index in [1.54, 1.807) is 52.0 Å². The molecule has 6 nitrogen and oxygen atoms in total. The van der Waals surface area contributed by atoms with E-state index in [9.17, 15) is 9.59 Å². The first-order chi connectivity index (χ1) is 10.2. The Balaban J connectivity index is 2.54. The van der Waals surface area contributed by atoms with Crippen LogP contribution in [0.4, 0.5) is 4.79 Å². The van der Waals surface area contributed by atoms with E-state index in [-0.39, 0.29) is 12.0 Å². The highest BCUT2D eigenvalue weighted by Gasteiger charge is 2.16. The average Bonchev–Trinajstić information content (AvgIpc) is 2.43. The van der Waals surface area contributed by atoms with E-state index in [2.05, 4.69) is 10.9 Å². The van der Waals surface area contributed by atoms with Crippen LogP contribution in [0.2, 0.25) is 0 Å². The zero-order valence-corrected chi connectivity index (χ0v) is 13.7.